The zero-order valence-electron chi connectivity index (χ0n) is 9.13. The van der Waals surface area contributed by atoms with Gasteiger partial charge in [0.15, 0.2) is 0 Å². The van der Waals surface area contributed by atoms with Gasteiger partial charge in [-0.25, -0.2) is 4.57 Å². The van der Waals surface area contributed by atoms with Crippen LogP contribution in [0.1, 0.15) is 32.1 Å². The highest BCUT2D eigenvalue weighted by Gasteiger charge is 2.19. The van der Waals surface area contributed by atoms with Crippen molar-refractivity contribution in [3.8, 4) is 0 Å². The molecule has 0 aromatic carbocycles. The number of rotatable bonds is 5. The van der Waals surface area contributed by atoms with Crippen molar-refractivity contribution in [3.05, 3.63) is 0 Å². The first-order valence-electron chi connectivity index (χ1n) is 5.39. The number of hydrogen-bond donors (Lipinski definition) is 2. The standard InChI is InChI=1S/C9H20NO4P/c1-10(7-8-14-15(11,12)13)9-5-3-2-4-6-9/h9H,2-8H2,1H3,(H2,11,12,13). The van der Waals surface area contributed by atoms with E-state index in [1.807, 2.05) is 7.05 Å². The third kappa shape index (κ3) is 5.64. The van der Waals surface area contributed by atoms with Crippen LogP contribution in [-0.2, 0) is 9.09 Å². The number of likely N-dealkylation sites (N-methyl/N-ethyl adjacent to an activating group) is 1. The number of hydrogen-bond acceptors (Lipinski definition) is 3. The van der Waals surface area contributed by atoms with Crippen LogP contribution in [0, 0.1) is 0 Å². The molecule has 0 aromatic rings. The summed E-state index contributed by atoms with van der Waals surface area (Å²) >= 11 is 0. The predicted molar refractivity (Wildman–Crippen MR) is 57.5 cm³/mol. The van der Waals surface area contributed by atoms with Crippen LogP contribution >= 0.6 is 7.82 Å². The van der Waals surface area contributed by atoms with Crippen molar-refractivity contribution in [1.29, 1.82) is 0 Å². The molecule has 1 fully saturated rings. The molecule has 0 radical (unpaired) electrons. The molecule has 0 bridgehead atoms. The van der Waals surface area contributed by atoms with Gasteiger partial charge in [0.05, 0.1) is 6.61 Å². The molecule has 0 spiro atoms. The van der Waals surface area contributed by atoms with E-state index in [4.69, 9.17) is 9.79 Å². The molecule has 5 nitrogen and oxygen atoms in total. The summed E-state index contributed by atoms with van der Waals surface area (Å²) < 4.78 is 14.9. The summed E-state index contributed by atoms with van der Waals surface area (Å²) in [5, 5.41) is 0. The minimum absolute atomic E-state index is 0.0945. The van der Waals surface area contributed by atoms with Gasteiger partial charge in [0.2, 0.25) is 0 Å². The van der Waals surface area contributed by atoms with Crippen molar-refractivity contribution in [2.24, 2.45) is 0 Å². The lowest BCUT2D eigenvalue weighted by Crippen LogP contribution is -2.35. The van der Waals surface area contributed by atoms with Gasteiger partial charge < -0.3 is 14.7 Å². The Morgan fingerprint density at radius 3 is 2.47 bits per heavy atom. The molecule has 1 rings (SSSR count). The third-order valence-corrected chi connectivity index (χ3v) is 3.42. The lowest BCUT2D eigenvalue weighted by Gasteiger charge is -2.30. The van der Waals surface area contributed by atoms with Crippen molar-refractivity contribution in [2.45, 2.75) is 38.1 Å². The Labute approximate surface area is 90.7 Å². The Kier molecular flexibility index (Phi) is 5.23. The zero-order chi connectivity index (χ0) is 11.3. The fourth-order valence-electron chi connectivity index (χ4n) is 2.01. The molecule has 0 atom stereocenters. The smallest absolute Gasteiger partial charge is 0.303 e. The Balaban J connectivity index is 2.17. The predicted octanol–water partition coefficient (Wildman–Crippen LogP) is 1.36. The fourth-order valence-corrected chi connectivity index (χ4v) is 2.33. The summed E-state index contributed by atoms with van der Waals surface area (Å²) in [5.41, 5.74) is 0. The molecule has 0 amide bonds. The highest BCUT2D eigenvalue weighted by Crippen LogP contribution is 2.35. The summed E-state index contributed by atoms with van der Waals surface area (Å²) in [6.45, 7) is 0.674. The first-order chi connectivity index (χ1) is 6.99. The molecule has 0 unspecified atom stereocenters. The van der Waals surface area contributed by atoms with Crippen molar-refractivity contribution < 1.29 is 18.9 Å². The highest BCUT2D eigenvalue weighted by atomic mass is 31.2. The maximum absolute atomic E-state index is 10.4. The Hall–Kier alpha value is 0.0700. The normalized spacial score (nSPS) is 19.7. The van der Waals surface area contributed by atoms with E-state index in [0.717, 1.165) is 0 Å². The van der Waals surface area contributed by atoms with E-state index in [2.05, 4.69) is 9.42 Å². The van der Waals surface area contributed by atoms with Crippen LogP contribution in [0.25, 0.3) is 0 Å². The van der Waals surface area contributed by atoms with Crippen LogP contribution in [0.5, 0.6) is 0 Å². The first kappa shape index (κ1) is 13.1. The highest BCUT2D eigenvalue weighted by molar-refractivity contribution is 7.46. The molecule has 0 saturated heterocycles. The molecule has 0 aliphatic heterocycles. The van der Waals surface area contributed by atoms with Crippen LogP contribution in [0.15, 0.2) is 0 Å². The summed E-state index contributed by atoms with van der Waals surface area (Å²) in [4.78, 5) is 19.2. The van der Waals surface area contributed by atoms with Gasteiger partial charge in [-0.05, 0) is 19.9 Å². The Morgan fingerprint density at radius 1 is 1.33 bits per heavy atom. The fraction of sp³-hybridized carbons (Fsp3) is 1.00. The summed E-state index contributed by atoms with van der Waals surface area (Å²) in [7, 11) is -2.30. The van der Waals surface area contributed by atoms with Crippen molar-refractivity contribution >= 4 is 7.82 Å². The topological polar surface area (TPSA) is 70.0 Å². The molecule has 2 N–H and O–H groups in total. The average Bonchev–Trinajstić information content (AvgIpc) is 2.17. The second kappa shape index (κ2) is 5.97. The maximum Gasteiger partial charge on any atom is 0.469 e. The van der Waals surface area contributed by atoms with E-state index < -0.39 is 7.82 Å². The second-order valence-electron chi connectivity index (χ2n) is 4.10. The monoisotopic (exact) mass is 237 g/mol. The largest absolute Gasteiger partial charge is 0.469 e. The number of nitrogens with zero attached hydrogens (tertiary/aromatic N) is 1. The van der Waals surface area contributed by atoms with Gasteiger partial charge in [0.25, 0.3) is 0 Å². The van der Waals surface area contributed by atoms with Gasteiger partial charge in [-0.3, -0.25) is 4.52 Å². The van der Waals surface area contributed by atoms with Gasteiger partial charge >= 0.3 is 7.82 Å². The molecule has 90 valence electrons. The minimum Gasteiger partial charge on any atom is -0.303 e. The Morgan fingerprint density at radius 2 is 1.93 bits per heavy atom. The molecule has 1 saturated carbocycles. The van der Waals surface area contributed by atoms with E-state index in [0.29, 0.717) is 12.6 Å². The molecule has 0 aromatic heterocycles. The van der Waals surface area contributed by atoms with E-state index in [1.165, 1.54) is 32.1 Å². The van der Waals surface area contributed by atoms with E-state index in [1.54, 1.807) is 0 Å². The van der Waals surface area contributed by atoms with Crippen molar-refractivity contribution in [2.75, 3.05) is 20.2 Å². The van der Waals surface area contributed by atoms with Gasteiger partial charge in [0, 0.05) is 12.6 Å². The van der Waals surface area contributed by atoms with E-state index >= 15 is 0 Å². The van der Waals surface area contributed by atoms with Crippen molar-refractivity contribution in [3.63, 3.8) is 0 Å². The van der Waals surface area contributed by atoms with Gasteiger partial charge in [-0.1, -0.05) is 19.3 Å². The minimum atomic E-state index is -4.29. The van der Waals surface area contributed by atoms with Crippen LogP contribution in [0.2, 0.25) is 0 Å². The first-order valence-corrected chi connectivity index (χ1v) is 6.92. The average molecular weight is 237 g/mol. The molecular formula is C9H20NO4P. The number of phosphoric acid groups is 1. The van der Waals surface area contributed by atoms with Crippen molar-refractivity contribution in [1.82, 2.24) is 4.90 Å². The number of phosphoric ester groups is 1. The summed E-state index contributed by atoms with van der Waals surface area (Å²) in [5.74, 6) is 0. The third-order valence-electron chi connectivity index (χ3n) is 2.90. The molecule has 1 aliphatic rings. The zero-order valence-corrected chi connectivity index (χ0v) is 10.0. The Bertz CT molecular complexity index is 224. The van der Waals surface area contributed by atoms with Crippen LogP contribution in [0.4, 0.5) is 0 Å². The SMILES string of the molecule is CN(CCOP(=O)(O)O)C1CCCCC1. The van der Waals surface area contributed by atoms with E-state index in [-0.39, 0.29) is 6.61 Å². The van der Waals surface area contributed by atoms with E-state index in [9.17, 15) is 4.57 Å². The van der Waals surface area contributed by atoms with Gasteiger partial charge in [0.1, 0.15) is 0 Å². The molecular weight excluding hydrogens is 217 g/mol. The molecule has 0 heterocycles. The second-order valence-corrected chi connectivity index (χ2v) is 5.34. The van der Waals surface area contributed by atoms with Crippen LogP contribution < -0.4 is 0 Å². The lowest BCUT2D eigenvalue weighted by atomic mass is 9.94. The quantitative estimate of drug-likeness (QED) is 0.706. The van der Waals surface area contributed by atoms with Gasteiger partial charge in [-0.15, -0.1) is 0 Å². The lowest BCUT2D eigenvalue weighted by molar-refractivity contribution is 0.136. The van der Waals surface area contributed by atoms with Crippen LogP contribution in [0.3, 0.4) is 0 Å². The molecule has 1 aliphatic carbocycles. The summed E-state index contributed by atoms with van der Waals surface area (Å²) in [6.07, 6.45) is 6.20. The maximum atomic E-state index is 10.4. The van der Waals surface area contributed by atoms with Crippen LogP contribution in [-0.4, -0.2) is 40.9 Å². The molecule has 6 heteroatoms. The molecule has 15 heavy (non-hydrogen) atoms. The summed E-state index contributed by atoms with van der Waals surface area (Å²) in [6, 6.07) is 0.555. The van der Waals surface area contributed by atoms with Gasteiger partial charge in [-0.2, -0.15) is 0 Å².